The highest BCUT2D eigenvalue weighted by molar-refractivity contribution is 6.31. The minimum Gasteiger partial charge on any atom is -0.444 e. The highest BCUT2D eigenvalue weighted by atomic mass is 35.5. The highest BCUT2D eigenvalue weighted by Crippen LogP contribution is 2.24. The fourth-order valence-corrected chi connectivity index (χ4v) is 3.74. The molecule has 0 bridgehead atoms. The number of ether oxygens (including phenoxy) is 1. The molecule has 2 atom stereocenters. The number of hydrogen-bond donors (Lipinski definition) is 2. The van der Waals surface area contributed by atoms with Gasteiger partial charge in [0.05, 0.1) is 0 Å². The van der Waals surface area contributed by atoms with Gasteiger partial charge in [0.25, 0.3) is 0 Å². The molecular weight excluding hydrogens is 414 g/mol. The summed E-state index contributed by atoms with van der Waals surface area (Å²) in [7, 11) is 0. The number of nitrogens with one attached hydrogen (secondary N) is 2. The largest absolute Gasteiger partial charge is 0.444 e. The van der Waals surface area contributed by atoms with Gasteiger partial charge in [0, 0.05) is 30.7 Å². The van der Waals surface area contributed by atoms with E-state index in [4.69, 9.17) is 16.3 Å². The average molecular weight is 444 g/mol. The third-order valence-electron chi connectivity index (χ3n) is 5.09. The van der Waals surface area contributed by atoms with E-state index >= 15 is 0 Å². The molecule has 1 unspecified atom stereocenters. The van der Waals surface area contributed by atoms with E-state index in [0.29, 0.717) is 30.5 Å². The number of halogens is 1. The van der Waals surface area contributed by atoms with E-state index in [1.165, 1.54) is 0 Å². The van der Waals surface area contributed by atoms with Crippen molar-refractivity contribution in [3.63, 3.8) is 0 Å². The summed E-state index contributed by atoms with van der Waals surface area (Å²) in [5.41, 5.74) is 0.348. The minimum absolute atomic E-state index is 0.0282. The summed E-state index contributed by atoms with van der Waals surface area (Å²) in [5.74, 6) is 0.649. The monoisotopic (exact) mass is 443 g/mol. The van der Waals surface area contributed by atoms with Crippen LogP contribution in [0, 0.1) is 28.6 Å². The molecule has 0 saturated carbocycles. The third kappa shape index (κ3) is 7.38. The predicted molar refractivity (Wildman–Crippen MR) is 120 cm³/mol. The molecule has 8 heteroatoms. The SMILES string of the molecule is C[C@H](NC(=O)OC(C)(C)C)C1CCCN(C(NCc2ccccc2Cl)=C(C#N)C#N)C1. The molecule has 1 saturated heterocycles. The molecule has 7 nitrogen and oxygen atoms in total. The van der Waals surface area contributed by atoms with Crippen LogP contribution in [0.25, 0.3) is 0 Å². The zero-order chi connectivity index (χ0) is 23.0. The third-order valence-corrected chi connectivity index (χ3v) is 5.46. The first-order valence-corrected chi connectivity index (χ1v) is 10.8. The van der Waals surface area contributed by atoms with Gasteiger partial charge in [0.2, 0.25) is 0 Å². The Morgan fingerprint density at radius 1 is 1.32 bits per heavy atom. The van der Waals surface area contributed by atoms with Gasteiger partial charge in [-0.1, -0.05) is 29.8 Å². The van der Waals surface area contributed by atoms with E-state index in [-0.39, 0.29) is 17.5 Å². The molecule has 1 heterocycles. The molecule has 1 aliphatic rings. The number of allylic oxidation sites excluding steroid dienone is 1. The van der Waals surface area contributed by atoms with Crippen LogP contribution in [-0.2, 0) is 11.3 Å². The summed E-state index contributed by atoms with van der Waals surface area (Å²) in [4.78, 5) is 14.2. The standard InChI is InChI=1S/C23H30ClN5O2/c1-16(28-22(30)31-23(2,3)4)18-9-7-11-29(15-18)21(19(12-25)13-26)27-14-17-8-5-6-10-20(17)24/h5-6,8,10,16,18,27H,7,9,11,14-15H2,1-4H3,(H,28,30)/t16-,18?/m0/s1. The molecule has 31 heavy (non-hydrogen) atoms. The molecule has 0 aliphatic carbocycles. The highest BCUT2D eigenvalue weighted by Gasteiger charge is 2.29. The zero-order valence-corrected chi connectivity index (χ0v) is 19.3. The molecule has 1 aromatic rings. The van der Waals surface area contributed by atoms with Crippen molar-refractivity contribution in [3.8, 4) is 12.1 Å². The minimum atomic E-state index is -0.560. The van der Waals surface area contributed by atoms with Gasteiger partial charge in [-0.3, -0.25) is 0 Å². The first kappa shape index (κ1) is 24.4. The van der Waals surface area contributed by atoms with Crippen LogP contribution < -0.4 is 10.6 Å². The van der Waals surface area contributed by atoms with Gasteiger partial charge in [-0.15, -0.1) is 0 Å². The Hall–Kier alpha value is -2.90. The molecule has 1 aliphatic heterocycles. The Balaban J connectivity index is 2.11. The predicted octanol–water partition coefficient (Wildman–Crippen LogP) is 4.31. The number of hydrogen-bond acceptors (Lipinski definition) is 6. The summed E-state index contributed by atoms with van der Waals surface area (Å²) >= 11 is 6.25. The number of nitrogens with zero attached hydrogens (tertiary/aromatic N) is 3. The zero-order valence-electron chi connectivity index (χ0n) is 18.5. The van der Waals surface area contributed by atoms with Crippen molar-refractivity contribution in [2.24, 2.45) is 5.92 Å². The van der Waals surface area contributed by atoms with Crippen LogP contribution in [0.1, 0.15) is 46.1 Å². The normalized spacial score (nSPS) is 17.0. The maximum Gasteiger partial charge on any atom is 0.407 e. The number of nitriles is 2. The summed E-state index contributed by atoms with van der Waals surface area (Å²) < 4.78 is 5.36. The first-order chi connectivity index (χ1) is 14.6. The van der Waals surface area contributed by atoms with Crippen molar-refractivity contribution in [1.82, 2.24) is 15.5 Å². The molecule has 2 N–H and O–H groups in total. The number of piperidine rings is 1. The fourth-order valence-electron chi connectivity index (χ4n) is 3.54. The number of alkyl carbamates (subject to hydrolysis) is 1. The molecule has 1 fully saturated rings. The van der Waals surface area contributed by atoms with Crippen LogP contribution in [-0.4, -0.2) is 35.7 Å². The lowest BCUT2D eigenvalue weighted by molar-refractivity contribution is 0.0474. The number of amides is 1. The summed E-state index contributed by atoms with van der Waals surface area (Å²) in [6.07, 6.45) is 1.37. The van der Waals surface area contributed by atoms with Gasteiger partial charge in [-0.2, -0.15) is 10.5 Å². The van der Waals surface area contributed by atoms with E-state index < -0.39 is 11.7 Å². The lowest BCUT2D eigenvalue weighted by Crippen LogP contribution is -2.48. The molecule has 0 aromatic heterocycles. The summed E-state index contributed by atoms with van der Waals surface area (Å²) in [6.45, 7) is 9.15. The Kier molecular flexibility index (Phi) is 8.59. The topological polar surface area (TPSA) is 101 Å². The Bertz CT molecular complexity index is 878. The number of rotatable bonds is 6. The van der Waals surface area contributed by atoms with Crippen molar-refractivity contribution in [2.75, 3.05) is 13.1 Å². The maximum absolute atomic E-state index is 12.2. The van der Waals surface area contributed by atoms with Crippen LogP contribution in [0.5, 0.6) is 0 Å². The van der Waals surface area contributed by atoms with Gasteiger partial charge in [0.1, 0.15) is 23.6 Å². The smallest absolute Gasteiger partial charge is 0.407 e. The number of benzene rings is 1. The van der Waals surface area contributed by atoms with Crippen LogP contribution in [0.4, 0.5) is 4.79 Å². The van der Waals surface area contributed by atoms with E-state index in [0.717, 1.165) is 18.4 Å². The lowest BCUT2D eigenvalue weighted by Gasteiger charge is -2.38. The molecule has 0 spiro atoms. The second-order valence-electron chi connectivity index (χ2n) is 8.68. The van der Waals surface area contributed by atoms with Gasteiger partial charge < -0.3 is 20.3 Å². The molecule has 1 amide bonds. The second kappa shape index (κ2) is 10.9. The van der Waals surface area contributed by atoms with Crippen LogP contribution >= 0.6 is 11.6 Å². The lowest BCUT2D eigenvalue weighted by atomic mass is 9.91. The Morgan fingerprint density at radius 3 is 2.61 bits per heavy atom. The first-order valence-electron chi connectivity index (χ1n) is 10.4. The molecular formula is C23H30ClN5O2. The van der Waals surface area contributed by atoms with Gasteiger partial charge in [-0.25, -0.2) is 4.79 Å². The average Bonchev–Trinajstić information content (AvgIpc) is 2.71. The van der Waals surface area contributed by atoms with Crippen molar-refractivity contribution >= 4 is 17.7 Å². The van der Waals surface area contributed by atoms with Gasteiger partial charge in [0.15, 0.2) is 5.57 Å². The van der Waals surface area contributed by atoms with Crippen molar-refractivity contribution < 1.29 is 9.53 Å². The van der Waals surface area contributed by atoms with Gasteiger partial charge in [-0.05, 0) is 58.1 Å². The van der Waals surface area contributed by atoms with Crippen molar-refractivity contribution in [2.45, 2.75) is 58.7 Å². The van der Waals surface area contributed by atoms with Crippen LogP contribution in [0.3, 0.4) is 0 Å². The molecule has 166 valence electrons. The maximum atomic E-state index is 12.2. The van der Waals surface area contributed by atoms with Gasteiger partial charge >= 0.3 is 6.09 Å². The van der Waals surface area contributed by atoms with Crippen LogP contribution in [0.2, 0.25) is 5.02 Å². The van der Waals surface area contributed by atoms with Crippen molar-refractivity contribution in [3.05, 3.63) is 46.2 Å². The summed E-state index contributed by atoms with van der Waals surface area (Å²) in [6, 6.07) is 11.3. The number of carbonyl (C=O) groups is 1. The summed E-state index contributed by atoms with van der Waals surface area (Å²) in [5, 5.41) is 25.8. The van der Waals surface area contributed by atoms with E-state index in [1.807, 2.05) is 62.9 Å². The fraction of sp³-hybridized carbons (Fsp3) is 0.522. The molecule has 0 radical (unpaired) electrons. The number of carbonyl (C=O) groups excluding carboxylic acids is 1. The van der Waals surface area contributed by atoms with Crippen molar-refractivity contribution in [1.29, 1.82) is 10.5 Å². The number of likely N-dealkylation sites (tertiary alicyclic amines) is 1. The van der Waals surface area contributed by atoms with E-state index in [2.05, 4.69) is 10.6 Å². The van der Waals surface area contributed by atoms with E-state index in [1.54, 1.807) is 6.07 Å². The quantitative estimate of drug-likeness (QED) is 0.635. The Labute approximate surface area is 189 Å². The van der Waals surface area contributed by atoms with E-state index in [9.17, 15) is 15.3 Å². The second-order valence-corrected chi connectivity index (χ2v) is 9.08. The molecule has 1 aromatic carbocycles. The molecule has 2 rings (SSSR count). The van der Waals surface area contributed by atoms with Crippen LogP contribution in [0.15, 0.2) is 35.7 Å². The Morgan fingerprint density at radius 2 is 2.00 bits per heavy atom.